The van der Waals surface area contributed by atoms with Crippen molar-refractivity contribution in [3.8, 4) is 0 Å². The second-order valence-electron chi connectivity index (χ2n) is 5.83. The molecule has 0 aliphatic rings. The van der Waals surface area contributed by atoms with Crippen molar-refractivity contribution < 1.29 is 0 Å². The van der Waals surface area contributed by atoms with Gasteiger partial charge in [0.15, 0.2) is 0 Å². The van der Waals surface area contributed by atoms with Crippen LogP contribution in [0.4, 0.5) is 0 Å². The van der Waals surface area contributed by atoms with Gasteiger partial charge in [-0.25, -0.2) is 0 Å². The van der Waals surface area contributed by atoms with Gasteiger partial charge in [0.1, 0.15) is 0 Å². The highest BCUT2D eigenvalue weighted by atomic mass is 35.5. The fourth-order valence-corrected chi connectivity index (χ4v) is 2.76. The molecule has 0 atom stereocenters. The Kier molecular flexibility index (Phi) is 5.50. The molecule has 0 fully saturated rings. The van der Waals surface area contributed by atoms with Crippen LogP contribution in [0.1, 0.15) is 39.2 Å². The molecular weight excluding hydrogens is 268 g/mol. The van der Waals surface area contributed by atoms with Gasteiger partial charge in [0.25, 0.3) is 0 Å². The van der Waals surface area contributed by atoms with Crippen molar-refractivity contribution in [3.63, 3.8) is 0 Å². The van der Waals surface area contributed by atoms with E-state index in [1.165, 1.54) is 29.3 Å². The first-order valence-corrected chi connectivity index (χ1v) is 7.97. The molecule has 20 heavy (non-hydrogen) atoms. The summed E-state index contributed by atoms with van der Waals surface area (Å²) in [6, 6.07) is 6.21. The number of nitrogens with zero attached hydrogens (tertiary/aromatic N) is 1. The highest BCUT2D eigenvalue weighted by Crippen LogP contribution is 2.25. The molecule has 2 aromatic rings. The molecule has 0 saturated carbocycles. The third-order valence-electron chi connectivity index (χ3n) is 3.67. The maximum absolute atomic E-state index is 6.16. The van der Waals surface area contributed by atoms with Gasteiger partial charge >= 0.3 is 0 Å². The van der Waals surface area contributed by atoms with Gasteiger partial charge in [-0.1, -0.05) is 38.4 Å². The van der Waals surface area contributed by atoms with E-state index in [4.69, 9.17) is 11.6 Å². The molecule has 0 spiro atoms. The van der Waals surface area contributed by atoms with Crippen LogP contribution < -0.4 is 5.32 Å². The number of hydrogen-bond donors (Lipinski definition) is 1. The number of aryl methyl sites for hydroxylation is 1. The minimum atomic E-state index is 0.765. The van der Waals surface area contributed by atoms with Crippen molar-refractivity contribution in [1.82, 2.24) is 9.88 Å². The van der Waals surface area contributed by atoms with Gasteiger partial charge in [-0.15, -0.1) is 0 Å². The van der Waals surface area contributed by atoms with Gasteiger partial charge < -0.3 is 9.88 Å². The Bertz CT molecular complexity index is 557. The third-order valence-corrected chi connectivity index (χ3v) is 3.91. The van der Waals surface area contributed by atoms with E-state index in [2.05, 4.69) is 49.0 Å². The van der Waals surface area contributed by atoms with Gasteiger partial charge in [-0.3, -0.25) is 0 Å². The van der Waals surface area contributed by atoms with Crippen molar-refractivity contribution >= 4 is 22.5 Å². The average molecular weight is 293 g/mol. The Balaban J connectivity index is 2.25. The van der Waals surface area contributed by atoms with Crippen molar-refractivity contribution in [2.24, 2.45) is 5.92 Å². The standard InChI is InChI=1S/C17H25ClN2/c1-4-19-11-14-12-20(9-5-6-13(2)3)17-10-15(18)7-8-16(14)17/h7-8,10,12-13,19H,4-6,9,11H2,1-3H3. The molecule has 0 saturated heterocycles. The average Bonchev–Trinajstić information content (AvgIpc) is 2.74. The summed E-state index contributed by atoms with van der Waals surface area (Å²) in [5.41, 5.74) is 2.62. The Morgan fingerprint density at radius 3 is 2.80 bits per heavy atom. The van der Waals surface area contributed by atoms with Crippen LogP contribution >= 0.6 is 11.6 Å². The van der Waals surface area contributed by atoms with Crippen molar-refractivity contribution in [2.75, 3.05) is 6.54 Å². The van der Waals surface area contributed by atoms with Gasteiger partial charge in [-0.05, 0) is 43.0 Å². The second-order valence-corrected chi connectivity index (χ2v) is 6.26. The van der Waals surface area contributed by atoms with Gasteiger partial charge in [0.05, 0.1) is 0 Å². The molecular formula is C17H25ClN2. The summed E-state index contributed by atoms with van der Waals surface area (Å²) in [7, 11) is 0. The number of aromatic nitrogens is 1. The van der Waals surface area contributed by atoms with E-state index >= 15 is 0 Å². The topological polar surface area (TPSA) is 17.0 Å². The predicted molar refractivity (Wildman–Crippen MR) is 88.4 cm³/mol. The summed E-state index contributed by atoms with van der Waals surface area (Å²) in [5.74, 6) is 0.765. The van der Waals surface area contributed by atoms with Gasteiger partial charge in [0, 0.05) is 35.2 Å². The zero-order valence-electron chi connectivity index (χ0n) is 12.7. The zero-order valence-corrected chi connectivity index (χ0v) is 13.5. The van der Waals surface area contributed by atoms with Crippen LogP contribution in [0, 0.1) is 5.92 Å². The minimum Gasteiger partial charge on any atom is -0.347 e. The molecule has 0 bridgehead atoms. The van der Waals surface area contributed by atoms with Crippen LogP contribution in [-0.4, -0.2) is 11.1 Å². The fourth-order valence-electron chi connectivity index (χ4n) is 2.60. The fraction of sp³-hybridized carbons (Fsp3) is 0.529. The molecule has 1 heterocycles. The number of nitrogens with one attached hydrogen (secondary N) is 1. The normalized spacial score (nSPS) is 11.7. The lowest BCUT2D eigenvalue weighted by Crippen LogP contribution is -2.11. The Labute approximate surface area is 127 Å². The Morgan fingerprint density at radius 1 is 1.30 bits per heavy atom. The van der Waals surface area contributed by atoms with E-state index in [1.54, 1.807) is 0 Å². The summed E-state index contributed by atoms with van der Waals surface area (Å²) in [6.07, 6.45) is 4.77. The van der Waals surface area contributed by atoms with Crippen LogP contribution in [0.2, 0.25) is 5.02 Å². The zero-order chi connectivity index (χ0) is 14.5. The monoisotopic (exact) mass is 292 g/mol. The molecule has 3 heteroatoms. The van der Waals surface area contributed by atoms with E-state index in [-0.39, 0.29) is 0 Å². The lowest BCUT2D eigenvalue weighted by Gasteiger charge is -2.07. The van der Waals surface area contributed by atoms with E-state index in [0.29, 0.717) is 0 Å². The molecule has 0 unspecified atom stereocenters. The Hall–Kier alpha value is -0.990. The molecule has 0 radical (unpaired) electrons. The predicted octanol–water partition coefficient (Wildman–Crippen LogP) is 4.84. The quantitative estimate of drug-likeness (QED) is 0.772. The van der Waals surface area contributed by atoms with Crippen LogP contribution in [-0.2, 0) is 13.1 Å². The van der Waals surface area contributed by atoms with Crippen LogP contribution in [0.15, 0.2) is 24.4 Å². The van der Waals surface area contributed by atoms with Crippen molar-refractivity contribution in [3.05, 3.63) is 35.0 Å². The second kappa shape index (κ2) is 7.14. The molecule has 0 amide bonds. The molecule has 1 aromatic carbocycles. The first-order chi connectivity index (χ1) is 9.61. The van der Waals surface area contributed by atoms with E-state index in [9.17, 15) is 0 Å². The highest BCUT2D eigenvalue weighted by Gasteiger charge is 2.09. The van der Waals surface area contributed by atoms with Gasteiger partial charge in [-0.2, -0.15) is 0 Å². The van der Waals surface area contributed by atoms with Gasteiger partial charge in [0.2, 0.25) is 0 Å². The summed E-state index contributed by atoms with van der Waals surface area (Å²) >= 11 is 6.16. The minimum absolute atomic E-state index is 0.765. The summed E-state index contributed by atoms with van der Waals surface area (Å²) in [6.45, 7) is 9.68. The van der Waals surface area contributed by atoms with Crippen molar-refractivity contribution in [2.45, 2.75) is 46.7 Å². The third kappa shape index (κ3) is 3.77. The molecule has 2 nitrogen and oxygen atoms in total. The smallest absolute Gasteiger partial charge is 0.0498 e. The summed E-state index contributed by atoms with van der Waals surface area (Å²) in [4.78, 5) is 0. The van der Waals surface area contributed by atoms with Crippen LogP contribution in [0.5, 0.6) is 0 Å². The lowest BCUT2D eigenvalue weighted by molar-refractivity contribution is 0.517. The highest BCUT2D eigenvalue weighted by molar-refractivity contribution is 6.31. The maximum atomic E-state index is 6.16. The first kappa shape index (κ1) is 15.4. The number of rotatable bonds is 7. The van der Waals surface area contributed by atoms with E-state index in [0.717, 1.165) is 30.6 Å². The maximum Gasteiger partial charge on any atom is 0.0498 e. The van der Waals surface area contributed by atoms with Crippen LogP contribution in [0.3, 0.4) is 0 Å². The number of fused-ring (bicyclic) bond motifs is 1. The summed E-state index contributed by atoms with van der Waals surface area (Å²) < 4.78 is 2.36. The molecule has 2 rings (SSSR count). The molecule has 1 aromatic heterocycles. The summed E-state index contributed by atoms with van der Waals surface area (Å²) in [5, 5.41) is 5.55. The lowest BCUT2D eigenvalue weighted by atomic mass is 10.1. The molecule has 0 aliphatic carbocycles. The number of hydrogen-bond acceptors (Lipinski definition) is 1. The Morgan fingerprint density at radius 2 is 2.10 bits per heavy atom. The SMILES string of the molecule is CCNCc1cn(CCCC(C)C)c2cc(Cl)ccc12. The number of halogens is 1. The molecule has 110 valence electrons. The number of benzene rings is 1. The van der Waals surface area contributed by atoms with E-state index < -0.39 is 0 Å². The first-order valence-electron chi connectivity index (χ1n) is 7.59. The van der Waals surface area contributed by atoms with Crippen LogP contribution in [0.25, 0.3) is 10.9 Å². The molecule has 0 aliphatic heterocycles. The largest absolute Gasteiger partial charge is 0.347 e. The van der Waals surface area contributed by atoms with E-state index in [1.807, 2.05) is 6.07 Å². The molecule has 1 N–H and O–H groups in total. The van der Waals surface area contributed by atoms with Crippen molar-refractivity contribution in [1.29, 1.82) is 0 Å².